The molecular formula is C18H20N2O5. The van der Waals surface area contributed by atoms with Crippen molar-refractivity contribution >= 4 is 17.8 Å². The predicted molar refractivity (Wildman–Crippen MR) is 90.0 cm³/mol. The van der Waals surface area contributed by atoms with Gasteiger partial charge in [-0.15, -0.1) is 0 Å². The van der Waals surface area contributed by atoms with Crippen LogP contribution >= 0.6 is 0 Å². The molecule has 2 rings (SSSR count). The van der Waals surface area contributed by atoms with Gasteiger partial charge in [0.2, 0.25) is 5.91 Å². The zero-order valence-corrected chi connectivity index (χ0v) is 14.0. The third-order valence-electron chi connectivity index (χ3n) is 3.65. The van der Waals surface area contributed by atoms with E-state index in [1.165, 1.54) is 24.5 Å². The summed E-state index contributed by atoms with van der Waals surface area (Å²) in [5, 5.41) is 14.3. The summed E-state index contributed by atoms with van der Waals surface area (Å²) in [7, 11) is 0. The minimum absolute atomic E-state index is 0.117. The molecule has 2 aromatic rings. The Labute approximate surface area is 145 Å². The molecule has 1 atom stereocenters. The number of hydrogen-bond donors (Lipinski definition) is 3. The molecule has 25 heavy (non-hydrogen) atoms. The first-order valence-corrected chi connectivity index (χ1v) is 7.83. The molecule has 0 saturated heterocycles. The lowest BCUT2D eigenvalue weighted by molar-refractivity contribution is -0.124. The Morgan fingerprint density at radius 3 is 2.32 bits per heavy atom. The first kappa shape index (κ1) is 18.3. The van der Waals surface area contributed by atoms with Crippen LogP contribution in [0, 0.1) is 5.92 Å². The van der Waals surface area contributed by atoms with Crippen LogP contribution in [-0.2, 0) is 11.3 Å². The fourth-order valence-electron chi connectivity index (χ4n) is 2.22. The van der Waals surface area contributed by atoms with Crippen LogP contribution in [-0.4, -0.2) is 28.9 Å². The zero-order chi connectivity index (χ0) is 18.4. The van der Waals surface area contributed by atoms with E-state index in [0.717, 1.165) is 5.56 Å². The highest BCUT2D eigenvalue weighted by Gasteiger charge is 2.25. The number of carboxylic acid groups (broad SMARTS) is 1. The van der Waals surface area contributed by atoms with Crippen LogP contribution in [0.2, 0.25) is 0 Å². The number of aromatic carboxylic acids is 1. The minimum Gasteiger partial charge on any atom is -0.478 e. The second kappa shape index (κ2) is 8.14. The number of nitrogens with one attached hydrogen (secondary N) is 2. The van der Waals surface area contributed by atoms with E-state index in [1.807, 2.05) is 13.8 Å². The molecule has 7 heteroatoms. The highest BCUT2D eigenvalue weighted by atomic mass is 16.4. The Bertz CT molecular complexity index is 735. The zero-order valence-electron chi connectivity index (χ0n) is 14.0. The van der Waals surface area contributed by atoms with Gasteiger partial charge in [0, 0.05) is 6.54 Å². The van der Waals surface area contributed by atoms with Gasteiger partial charge in [-0.05, 0) is 35.7 Å². The van der Waals surface area contributed by atoms with Crippen LogP contribution in [0.15, 0.2) is 47.1 Å². The van der Waals surface area contributed by atoms with Crippen molar-refractivity contribution in [2.45, 2.75) is 26.4 Å². The van der Waals surface area contributed by atoms with Crippen molar-refractivity contribution < 1.29 is 23.9 Å². The van der Waals surface area contributed by atoms with E-state index < -0.39 is 17.9 Å². The quantitative estimate of drug-likeness (QED) is 0.712. The van der Waals surface area contributed by atoms with Crippen LogP contribution in [0.25, 0.3) is 0 Å². The predicted octanol–water partition coefficient (Wildman–Crippen LogP) is 2.05. The summed E-state index contributed by atoms with van der Waals surface area (Å²) in [5.74, 6) is -1.76. The highest BCUT2D eigenvalue weighted by Crippen LogP contribution is 2.08. The minimum atomic E-state index is -1.00. The first-order chi connectivity index (χ1) is 11.9. The number of carboxylic acids is 1. The molecule has 0 aliphatic heterocycles. The molecule has 1 aromatic carbocycles. The van der Waals surface area contributed by atoms with Gasteiger partial charge in [0.1, 0.15) is 6.04 Å². The molecule has 132 valence electrons. The maximum absolute atomic E-state index is 12.4. The van der Waals surface area contributed by atoms with Gasteiger partial charge >= 0.3 is 5.97 Å². The second-order valence-corrected chi connectivity index (χ2v) is 5.89. The number of hydrogen-bond acceptors (Lipinski definition) is 4. The molecule has 0 aliphatic rings. The van der Waals surface area contributed by atoms with Gasteiger partial charge in [0.25, 0.3) is 5.91 Å². The summed E-state index contributed by atoms with van der Waals surface area (Å²) in [6.07, 6.45) is 1.39. The molecule has 1 heterocycles. The maximum atomic E-state index is 12.4. The van der Waals surface area contributed by atoms with E-state index in [0.29, 0.717) is 0 Å². The Hall–Kier alpha value is -3.09. The summed E-state index contributed by atoms with van der Waals surface area (Å²) < 4.78 is 5.02. The highest BCUT2D eigenvalue weighted by molar-refractivity contribution is 5.95. The molecule has 1 aromatic heterocycles. The number of amides is 2. The molecule has 7 nitrogen and oxygen atoms in total. The smallest absolute Gasteiger partial charge is 0.335 e. The molecule has 0 unspecified atom stereocenters. The summed E-state index contributed by atoms with van der Waals surface area (Å²) in [6, 6.07) is 8.63. The lowest BCUT2D eigenvalue weighted by Crippen LogP contribution is -2.49. The SMILES string of the molecule is CC(C)[C@@H](NC(=O)c1ccco1)C(=O)NCc1ccc(C(=O)O)cc1. The number of carbonyl (C=O) groups excluding carboxylic acids is 2. The molecule has 0 saturated carbocycles. The monoisotopic (exact) mass is 344 g/mol. The third-order valence-corrected chi connectivity index (χ3v) is 3.65. The molecule has 0 radical (unpaired) electrons. The number of furan rings is 1. The van der Waals surface area contributed by atoms with Gasteiger partial charge in [-0.2, -0.15) is 0 Å². The van der Waals surface area contributed by atoms with Crippen molar-refractivity contribution in [2.24, 2.45) is 5.92 Å². The van der Waals surface area contributed by atoms with Crippen LogP contribution in [0.3, 0.4) is 0 Å². The van der Waals surface area contributed by atoms with Crippen LogP contribution in [0.4, 0.5) is 0 Å². The molecule has 0 spiro atoms. The number of carbonyl (C=O) groups is 3. The maximum Gasteiger partial charge on any atom is 0.335 e. The average Bonchev–Trinajstić information content (AvgIpc) is 3.12. The van der Waals surface area contributed by atoms with Gasteiger partial charge in [-0.25, -0.2) is 4.79 Å². The van der Waals surface area contributed by atoms with E-state index in [4.69, 9.17) is 9.52 Å². The molecule has 0 bridgehead atoms. The lowest BCUT2D eigenvalue weighted by Gasteiger charge is -2.21. The third kappa shape index (κ3) is 4.94. The standard InChI is InChI=1S/C18H20N2O5/c1-11(2)15(20-16(21)14-4-3-9-25-14)17(22)19-10-12-5-7-13(8-6-12)18(23)24/h3-9,11,15H,10H2,1-2H3,(H,19,22)(H,20,21)(H,23,24)/t15-/m1/s1. The van der Waals surface area contributed by atoms with Gasteiger partial charge < -0.3 is 20.2 Å². The van der Waals surface area contributed by atoms with E-state index >= 15 is 0 Å². The van der Waals surface area contributed by atoms with E-state index in [-0.39, 0.29) is 29.7 Å². The van der Waals surface area contributed by atoms with Crippen molar-refractivity contribution in [1.82, 2.24) is 10.6 Å². The summed E-state index contributed by atoms with van der Waals surface area (Å²) in [4.78, 5) is 35.3. The molecule has 2 amide bonds. The lowest BCUT2D eigenvalue weighted by atomic mass is 10.0. The van der Waals surface area contributed by atoms with Gasteiger partial charge in [-0.1, -0.05) is 26.0 Å². The molecule has 3 N–H and O–H groups in total. The topological polar surface area (TPSA) is 109 Å². The first-order valence-electron chi connectivity index (χ1n) is 7.83. The summed E-state index contributed by atoms with van der Waals surface area (Å²) in [5.41, 5.74) is 0.944. The number of rotatable bonds is 7. The van der Waals surface area contributed by atoms with E-state index in [1.54, 1.807) is 18.2 Å². The fourth-order valence-corrected chi connectivity index (χ4v) is 2.22. The van der Waals surface area contributed by atoms with Crippen molar-refractivity contribution in [2.75, 3.05) is 0 Å². The number of benzene rings is 1. The summed E-state index contributed by atoms with van der Waals surface area (Å²) >= 11 is 0. The average molecular weight is 344 g/mol. The Balaban J connectivity index is 1.95. The molecular weight excluding hydrogens is 324 g/mol. The van der Waals surface area contributed by atoms with Crippen molar-refractivity contribution in [3.05, 3.63) is 59.5 Å². The van der Waals surface area contributed by atoms with Crippen molar-refractivity contribution in [1.29, 1.82) is 0 Å². The van der Waals surface area contributed by atoms with Crippen molar-refractivity contribution in [3.63, 3.8) is 0 Å². The Morgan fingerprint density at radius 2 is 1.80 bits per heavy atom. The van der Waals surface area contributed by atoms with Gasteiger partial charge in [0.15, 0.2) is 5.76 Å². The second-order valence-electron chi connectivity index (χ2n) is 5.89. The molecule has 0 aliphatic carbocycles. The van der Waals surface area contributed by atoms with Crippen LogP contribution in [0.1, 0.15) is 40.3 Å². The largest absolute Gasteiger partial charge is 0.478 e. The Morgan fingerprint density at radius 1 is 1.12 bits per heavy atom. The van der Waals surface area contributed by atoms with Crippen LogP contribution in [0.5, 0.6) is 0 Å². The van der Waals surface area contributed by atoms with E-state index in [9.17, 15) is 14.4 Å². The van der Waals surface area contributed by atoms with Gasteiger partial charge in [0.05, 0.1) is 11.8 Å². The Kier molecular flexibility index (Phi) is 5.94. The van der Waals surface area contributed by atoms with Crippen molar-refractivity contribution in [3.8, 4) is 0 Å². The fraction of sp³-hybridized carbons (Fsp3) is 0.278. The summed E-state index contributed by atoms with van der Waals surface area (Å²) in [6.45, 7) is 3.89. The van der Waals surface area contributed by atoms with Crippen LogP contribution < -0.4 is 10.6 Å². The van der Waals surface area contributed by atoms with E-state index in [2.05, 4.69) is 10.6 Å². The normalized spacial score (nSPS) is 11.8. The van der Waals surface area contributed by atoms with Gasteiger partial charge in [-0.3, -0.25) is 9.59 Å². The molecule has 0 fully saturated rings.